The van der Waals surface area contributed by atoms with Gasteiger partial charge in [0.15, 0.2) is 0 Å². The molecular weight excluding hydrogens is 356 g/mol. The van der Waals surface area contributed by atoms with Crippen LogP contribution in [0, 0.1) is 35.8 Å². The zero-order chi connectivity index (χ0) is 13.1. The molecule has 0 aromatic heterocycles. The molecule has 0 aromatic rings. The van der Waals surface area contributed by atoms with E-state index in [2.05, 4.69) is 32.1 Å². The van der Waals surface area contributed by atoms with Crippen LogP contribution in [0.15, 0.2) is 19.5 Å². The molecule has 1 rings (SSSR count). The van der Waals surface area contributed by atoms with Crippen LogP contribution in [0.5, 0.6) is 0 Å². The molecule has 0 atom stereocenters. The SMILES string of the molecule is CCCCC[O][Nd]([O]CCCCC)[C]1=CC=CC1. The van der Waals surface area contributed by atoms with E-state index in [1.54, 1.807) is 0 Å². The Balaban J connectivity index is 2.23. The topological polar surface area (TPSA) is 18.5 Å². The minimum atomic E-state index is -2.35. The molecule has 0 radical (unpaired) electrons. The van der Waals surface area contributed by atoms with Crippen LogP contribution < -0.4 is 0 Å². The number of unbranched alkanes of at least 4 members (excludes halogenated alkanes) is 4. The Kier molecular flexibility index (Phi) is 10.8. The number of hydrogen-bond acceptors (Lipinski definition) is 2. The standard InChI is InChI=1S/2C5H11O.C5H5.Nd/c2*1-2-3-4-5-6;1-2-4-5-3-1;/h2*2-5H2,1H3;1-3H,4H2;/q2*-1;;+2. The van der Waals surface area contributed by atoms with Crippen molar-refractivity contribution in [1.82, 2.24) is 0 Å². The van der Waals surface area contributed by atoms with Gasteiger partial charge < -0.3 is 0 Å². The summed E-state index contributed by atoms with van der Waals surface area (Å²) in [6, 6.07) is 0. The van der Waals surface area contributed by atoms with Crippen LogP contribution in [-0.2, 0) is 2.13 Å². The summed E-state index contributed by atoms with van der Waals surface area (Å²) in [6.07, 6.45) is 15.1. The normalized spacial score (nSPS) is 14.0. The first-order valence-corrected chi connectivity index (χ1v) is 11.6. The Hall–Kier alpha value is 0.751. The van der Waals surface area contributed by atoms with Crippen molar-refractivity contribution in [2.24, 2.45) is 0 Å². The summed E-state index contributed by atoms with van der Waals surface area (Å²) in [7, 11) is 0. The molecule has 3 heteroatoms. The van der Waals surface area contributed by atoms with Crippen LogP contribution in [0.1, 0.15) is 58.8 Å². The van der Waals surface area contributed by atoms with Gasteiger partial charge in [-0.05, 0) is 0 Å². The Morgan fingerprint density at radius 1 is 1.00 bits per heavy atom. The van der Waals surface area contributed by atoms with Gasteiger partial charge in [0.05, 0.1) is 0 Å². The van der Waals surface area contributed by atoms with E-state index in [1.807, 2.05) is 0 Å². The zero-order valence-electron chi connectivity index (χ0n) is 11.9. The van der Waals surface area contributed by atoms with Crippen molar-refractivity contribution in [3.05, 3.63) is 19.5 Å². The molecule has 0 N–H and O–H groups in total. The second kappa shape index (κ2) is 11.6. The van der Waals surface area contributed by atoms with Crippen molar-refractivity contribution in [1.29, 1.82) is 0 Å². The van der Waals surface area contributed by atoms with E-state index in [0.29, 0.717) is 0 Å². The van der Waals surface area contributed by atoms with Crippen molar-refractivity contribution in [2.45, 2.75) is 58.8 Å². The fourth-order valence-corrected chi connectivity index (χ4v) is 7.09. The van der Waals surface area contributed by atoms with E-state index in [1.165, 1.54) is 39.7 Å². The molecule has 1 aliphatic carbocycles. The molecule has 0 heterocycles. The van der Waals surface area contributed by atoms with E-state index in [9.17, 15) is 0 Å². The van der Waals surface area contributed by atoms with E-state index in [4.69, 9.17) is 2.13 Å². The second-order valence-corrected chi connectivity index (χ2v) is 10.5. The van der Waals surface area contributed by atoms with E-state index in [0.717, 1.165) is 19.6 Å². The third kappa shape index (κ3) is 7.37. The Morgan fingerprint density at radius 2 is 1.61 bits per heavy atom. The molecule has 103 valence electrons. The van der Waals surface area contributed by atoms with Crippen LogP contribution in [0.2, 0.25) is 0 Å². The third-order valence-corrected chi connectivity index (χ3v) is 8.86. The van der Waals surface area contributed by atoms with Crippen LogP contribution in [0.4, 0.5) is 0 Å². The molecule has 2 nitrogen and oxygen atoms in total. The van der Waals surface area contributed by atoms with Gasteiger partial charge in [-0.15, -0.1) is 0 Å². The molecule has 1 aliphatic rings. The van der Waals surface area contributed by atoms with Crippen LogP contribution in [0.3, 0.4) is 0 Å². The average molecular weight is 384 g/mol. The molecule has 18 heavy (non-hydrogen) atoms. The average Bonchev–Trinajstić information content (AvgIpc) is 2.91. The van der Waals surface area contributed by atoms with Gasteiger partial charge in [0.25, 0.3) is 0 Å². The van der Waals surface area contributed by atoms with Gasteiger partial charge in [0.1, 0.15) is 0 Å². The number of hydrogen-bond donors (Lipinski definition) is 0. The zero-order valence-corrected chi connectivity index (χ0v) is 15.1. The predicted octanol–water partition coefficient (Wildman–Crippen LogP) is 4.69. The first-order valence-electron chi connectivity index (χ1n) is 7.37. The van der Waals surface area contributed by atoms with Gasteiger partial charge in [-0.3, -0.25) is 0 Å². The molecule has 0 bridgehead atoms. The summed E-state index contributed by atoms with van der Waals surface area (Å²) < 4.78 is 13.7. The monoisotopic (exact) mass is 381 g/mol. The summed E-state index contributed by atoms with van der Waals surface area (Å²) in [5, 5.41) is 0. The molecule has 0 unspecified atom stereocenters. The Morgan fingerprint density at radius 3 is 2.06 bits per heavy atom. The summed E-state index contributed by atoms with van der Waals surface area (Å²) in [4.78, 5) is 0. The van der Waals surface area contributed by atoms with Gasteiger partial charge in [-0.1, -0.05) is 0 Å². The van der Waals surface area contributed by atoms with Gasteiger partial charge in [0, 0.05) is 0 Å². The van der Waals surface area contributed by atoms with E-state index >= 15 is 0 Å². The van der Waals surface area contributed by atoms with Crippen molar-refractivity contribution >= 4 is 0 Å². The van der Waals surface area contributed by atoms with Crippen LogP contribution >= 0.6 is 0 Å². The fraction of sp³-hybridized carbons (Fsp3) is 0.733. The number of allylic oxidation sites excluding steroid dienone is 4. The minimum absolute atomic E-state index is 0.904. The summed E-state index contributed by atoms with van der Waals surface area (Å²) in [5.74, 6) is 0. The molecule has 0 aromatic carbocycles. The van der Waals surface area contributed by atoms with Gasteiger partial charge >= 0.3 is 129 Å². The van der Waals surface area contributed by atoms with Crippen molar-refractivity contribution in [3.63, 3.8) is 0 Å². The summed E-state index contributed by atoms with van der Waals surface area (Å²) in [5.41, 5.74) is 0. The van der Waals surface area contributed by atoms with Crippen molar-refractivity contribution < 1.29 is 38.0 Å². The quantitative estimate of drug-likeness (QED) is 0.482. The van der Waals surface area contributed by atoms with Gasteiger partial charge in [-0.2, -0.15) is 0 Å². The predicted molar refractivity (Wildman–Crippen MR) is 72.8 cm³/mol. The number of rotatable bonds is 11. The Labute approximate surface area is 128 Å². The maximum absolute atomic E-state index is 6.09. The first kappa shape index (κ1) is 16.8. The molecule has 0 fully saturated rings. The molecule has 0 aliphatic heterocycles. The first-order chi connectivity index (χ1) is 8.88. The van der Waals surface area contributed by atoms with Crippen molar-refractivity contribution in [2.75, 3.05) is 13.2 Å². The molecule has 0 saturated carbocycles. The fourth-order valence-electron chi connectivity index (χ4n) is 1.86. The summed E-state index contributed by atoms with van der Waals surface area (Å²) in [6.45, 7) is 6.26. The van der Waals surface area contributed by atoms with Crippen LogP contribution in [-0.4, -0.2) is 13.2 Å². The van der Waals surface area contributed by atoms with E-state index < -0.39 is 35.8 Å². The maximum atomic E-state index is 6.09. The van der Waals surface area contributed by atoms with Gasteiger partial charge in [-0.25, -0.2) is 0 Å². The van der Waals surface area contributed by atoms with Gasteiger partial charge in [0.2, 0.25) is 0 Å². The molecule has 0 saturated heterocycles. The third-order valence-electron chi connectivity index (χ3n) is 3.00. The van der Waals surface area contributed by atoms with Crippen molar-refractivity contribution in [3.8, 4) is 0 Å². The Bertz CT molecular complexity index is 249. The molecule has 0 spiro atoms. The summed E-state index contributed by atoms with van der Waals surface area (Å²) >= 11 is -2.35. The molecule has 0 amide bonds. The second-order valence-electron chi connectivity index (χ2n) is 4.72. The van der Waals surface area contributed by atoms with E-state index in [-0.39, 0.29) is 0 Å². The molecular formula is C15H27NdO2. The van der Waals surface area contributed by atoms with Crippen LogP contribution in [0.25, 0.3) is 0 Å².